The Bertz CT molecular complexity index is 1670. The molecule has 0 spiro atoms. The third-order valence-corrected chi connectivity index (χ3v) is 13.5. The number of hydrogen-bond acceptors (Lipinski definition) is 16. The summed E-state index contributed by atoms with van der Waals surface area (Å²) in [7, 11) is 0. The minimum atomic E-state index is -1.48. The van der Waals surface area contributed by atoms with Crippen molar-refractivity contribution in [1.82, 2.24) is 0 Å². The number of benzene rings is 2. The van der Waals surface area contributed by atoms with Crippen LogP contribution in [0.3, 0.4) is 0 Å². The van der Waals surface area contributed by atoms with Gasteiger partial charge in [0.15, 0.2) is 11.6 Å². The molecule has 68 heavy (non-hydrogen) atoms. The second kappa shape index (κ2) is 32.6. The van der Waals surface area contributed by atoms with E-state index in [4.69, 9.17) is 28.4 Å². The summed E-state index contributed by atoms with van der Waals surface area (Å²) in [6.45, 7) is 15.0. The minimum absolute atomic E-state index is 0.0293. The van der Waals surface area contributed by atoms with E-state index < -0.39 is 45.2 Å². The number of unbranched alkanes of at least 4 members (excludes halogenated alkanes) is 2. The van der Waals surface area contributed by atoms with Crippen molar-refractivity contribution in [3.63, 3.8) is 0 Å². The number of esters is 4. The fourth-order valence-corrected chi connectivity index (χ4v) is 9.16. The zero-order chi connectivity index (χ0) is 50.5. The lowest BCUT2D eigenvalue weighted by atomic mass is 9.87. The molecular formula is C52H78O14S2. The minimum Gasteiger partial charge on any atom is -0.490 e. The molecule has 0 saturated carbocycles. The molecule has 0 aromatic heterocycles. The van der Waals surface area contributed by atoms with Crippen molar-refractivity contribution in [3.8, 4) is 11.5 Å². The van der Waals surface area contributed by atoms with Crippen molar-refractivity contribution < 1.29 is 67.4 Å². The van der Waals surface area contributed by atoms with Crippen molar-refractivity contribution in [2.45, 2.75) is 154 Å². The van der Waals surface area contributed by atoms with Gasteiger partial charge in [-0.3, -0.25) is 28.8 Å². The average Bonchev–Trinajstić information content (AvgIpc) is 3.30. The Hall–Kier alpha value is -4.12. The number of Topliss-reactive ketones (excluding diaryl/α,β-unsaturated/α-hetero) is 2. The lowest BCUT2D eigenvalue weighted by Crippen LogP contribution is -2.30. The molecule has 16 heteroatoms. The lowest BCUT2D eigenvalue weighted by molar-refractivity contribution is -0.144. The van der Waals surface area contributed by atoms with Crippen LogP contribution in [0.2, 0.25) is 0 Å². The molecule has 0 radical (unpaired) electrons. The number of ketones is 2. The molecule has 14 nitrogen and oxygen atoms in total. The van der Waals surface area contributed by atoms with Gasteiger partial charge < -0.3 is 38.6 Å². The highest BCUT2D eigenvalue weighted by Crippen LogP contribution is 2.32. The molecule has 2 aromatic carbocycles. The van der Waals surface area contributed by atoms with Gasteiger partial charge >= 0.3 is 23.9 Å². The monoisotopic (exact) mass is 990 g/mol. The number of thioether (sulfide) groups is 2. The summed E-state index contributed by atoms with van der Waals surface area (Å²) in [5.41, 5.74) is -2.24. The maximum atomic E-state index is 13.3. The van der Waals surface area contributed by atoms with Crippen LogP contribution in [-0.4, -0.2) is 119 Å². The number of ether oxygens (including phenoxy) is 6. The highest BCUT2D eigenvalue weighted by atomic mass is 32.2. The third-order valence-electron chi connectivity index (χ3n) is 11.1. The Labute approximate surface area is 413 Å². The fraction of sp³-hybridized carbons (Fsp3) is 0.654. The Morgan fingerprint density at radius 1 is 0.515 bits per heavy atom. The number of rotatable bonds is 37. The number of carbonyl (C=O) groups excluding carboxylic acids is 6. The van der Waals surface area contributed by atoms with Gasteiger partial charge in [0.05, 0.1) is 26.1 Å². The van der Waals surface area contributed by atoms with E-state index in [0.29, 0.717) is 60.2 Å². The van der Waals surface area contributed by atoms with Crippen molar-refractivity contribution >= 4 is 59.0 Å². The summed E-state index contributed by atoms with van der Waals surface area (Å²) in [5.74, 6) is -0.0269. The zero-order valence-electron chi connectivity index (χ0n) is 41.7. The second-order valence-corrected chi connectivity index (χ2v) is 20.4. The smallest absolute Gasteiger partial charge is 0.319 e. The molecule has 0 fully saturated rings. The van der Waals surface area contributed by atoms with Crippen LogP contribution in [0.1, 0.15) is 153 Å². The van der Waals surface area contributed by atoms with Gasteiger partial charge in [-0.1, -0.05) is 66.2 Å². The molecule has 2 aromatic rings. The largest absolute Gasteiger partial charge is 0.490 e. The quantitative estimate of drug-likeness (QED) is 0.0281. The molecule has 382 valence electrons. The van der Waals surface area contributed by atoms with Gasteiger partial charge in [0, 0.05) is 22.6 Å². The first-order chi connectivity index (χ1) is 32.3. The van der Waals surface area contributed by atoms with Crippen LogP contribution in [0.4, 0.5) is 0 Å². The lowest BCUT2D eigenvalue weighted by Gasteiger charge is -2.25. The van der Waals surface area contributed by atoms with Crippen molar-refractivity contribution in [3.05, 3.63) is 59.7 Å². The van der Waals surface area contributed by atoms with Gasteiger partial charge in [-0.05, 0) is 114 Å². The topological polar surface area (TPSA) is 198 Å². The summed E-state index contributed by atoms with van der Waals surface area (Å²) in [6, 6.07) is 12.8. The first-order valence-corrected chi connectivity index (χ1v) is 26.3. The van der Waals surface area contributed by atoms with Gasteiger partial charge in [-0.2, -0.15) is 0 Å². The van der Waals surface area contributed by atoms with E-state index in [1.165, 1.54) is 51.2 Å². The Balaban J connectivity index is 1.89. The van der Waals surface area contributed by atoms with Crippen LogP contribution in [-0.2, 0) is 38.1 Å². The molecule has 0 saturated heterocycles. The number of aliphatic hydroxyl groups is 2. The third kappa shape index (κ3) is 24.4. The molecule has 0 amide bonds. The van der Waals surface area contributed by atoms with Crippen LogP contribution in [0.15, 0.2) is 48.5 Å². The number of carbonyl (C=O) groups is 6. The first kappa shape index (κ1) is 60.0. The Kier molecular flexibility index (Phi) is 28.8. The van der Waals surface area contributed by atoms with Crippen LogP contribution in [0, 0.1) is 11.8 Å². The summed E-state index contributed by atoms with van der Waals surface area (Å²) in [4.78, 5) is 76.4. The molecule has 0 aliphatic heterocycles. The molecular weight excluding hydrogens is 913 g/mol. The van der Waals surface area contributed by atoms with E-state index in [-0.39, 0.29) is 63.0 Å². The maximum Gasteiger partial charge on any atom is 0.319 e. The van der Waals surface area contributed by atoms with Crippen molar-refractivity contribution in [2.75, 3.05) is 51.1 Å². The Morgan fingerprint density at radius 3 is 1.18 bits per heavy atom. The molecule has 4 unspecified atom stereocenters. The summed E-state index contributed by atoms with van der Waals surface area (Å²) in [5, 5.41) is 19.0. The van der Waals surface area contributed by atoms with E-state index >= 15 is 0 Å². The first-order valence-electron chi connectivity index (χ1n) is 24.2. The SMILES string of the molecule is CCCCOC(=O)C(CC(CC)CCC(CC)CC(SCCC(=O)OCCOc1ccc(C(=O)C(C)(C)O)cc1)C(=O)OCCCC)SCCC(=O)OCCOc1ccc(C(=O)C(C)(C)O)cc1. The maximum absolute atomic E-state index is 13.3. The molecule has 0 aliphatic carbocycles. The molecule has 0 bridgehead atoms. The van der Waals surface area contributed by atoms with Crippen LogP contribution < -0.4 is 9.47 Å². The van der Waals surface area contributed by atoms with E-state index in [1.54, 1.807) is 48.5 Å². The predicted octanol–water partition coefficient (Wildman–Crippen LogP) is 9.42. The standard InChI is InChI=1S/C52H78O14S2/c1-9-13-27-65-49(57)43(67-33-25-45(53)63-31-29-61-41-21-17-39(18-22-41)47(55)51(5,6)59)35-37(11-3)15-16-38(12-4)36-44(50(58)66-28-14-10-2)68-34-26-46(54)64-32-30-62-42-23-19-40(20-24-42)48(56)52(7,8)60/h17-24,37-38,43-44,59-60H,9-16,25-36H2,1-8H3. The van der Waals surface area contributed by atoms with Gasteiger partial charge in [-0.15, -0.1) is 23.5 Å². The highest BCUT2D eigenvalue weighted by molar-refractivity contribution is 8.00. The predicted molar refractivity (Wildman–Crippen MR) is 267 cm³/mol. The molecule has 4 atom stereocenters. The van der Waals surface area contributed by atoms with Gasteiger partial charge in [0.25, 0.3) is 0 Å². The highest BCUT2D eigenvalue weighted by Gasteiger charge is 2.29. The van der Waals surface area contributed by atoms with Crippen molar-refractivity contribution in [2.24, 2.45) is 11.8 Å². The molecule has 0 heterocycles. The summed E-state index contributed by atoms with van der Waals surface area (Å²) in [6.07, 6.45) is 8.08. The fourth-order valence-electron chi connectivity index (χ4n) is 6.79. The second-order valence-electron chi connectivity index (χ2n) is 17.8. The Morgan fingerprint density at radius 2 is 0.868 bits per heavy atom. The van der Waals surface area contributed by atoms with E-state index in [1.807, 2.05) is 13.8 Å². The van der Waals surface area contributed by atoms with Crippen molar-refractivity contribution in [1.29, 1.82) is 0 Å². The van der Waals surface area contributed by atoms with E-state index in [0.717, 1.165) is 51.4 Å². The molecule has 2 N–H and O–H groups in total. The average molecular weight is 991 g/mol. The molecule has 2 rings (SSSR count). The van der Waals surface area contributed by atoms with Gasteiger partial charge in [0.1, 0.15) is 59.6 Å². The van der Waals surface area contributed by atoms with E-state index in [9.17, 15) is 39.0 Å². The molecule has 0 aliphatic rings. The summed E-state index contributed by atoms with van der Waals surface area (Å²) < 4.78 is 33.4. The normalized spacial score (nSPS) is 13.4. The van der Waals surface area contributed by atoms with Crippen LogP contribution >= 0.6 is 23.5 Å². The number of hydrogen-bond donors (Lipinski definition) is 2. The van der Waals surface area contributed by atoms with Crippen LogP contribution in [0.25, 0.3) is 0 Å². The van der Waals surface area contributed by atoms with Crippen LogP contribution in [0.5, 0.6) is 11.5 Å². The van der Waals surface area contributed by atoms with Gasteiger partial charge in [-0.25, -0.2) is 0 Å². The van der Waals surface area contributed by atoms with Gasteiger partial charge in [0.2, 0.25) is 0 Å². The van der Waals surface area contributed by atoms with E-state index in [2.05, 4.69) is 13.8 Å². The summed E-state index contributed by atoms with van der Waals surface area (Å²) >= 11 is 2.81. The zero-order valence-corrected chi connectivity index (χ0v) is 43.3.